The summed E-state index contributed by atoms with van der Waals surface area (Å²) in [5, 5.41) is 2.43. The first-order valence-electron chi connectivity index (χ1n) is 23.8. The molecule has 0 saturated heterocycles. The molecule has 11 aromatic carbocycles. The second-order valence-electron chi connectivity index (χ2n) is 18.0. The number of anilines is 3. The fraction of sp³-hybridized carbons (Fsp3) is 0.0149. The SMILES string of the molecule is c1ccc(-c2ccc(N(c3ccc(-c4ccccc4)cc3)c3ccccc3-c3ccc4c(c3)c3ccccc3n4-c3cccc4c3C(c3ccccc3)(c3ccccc3)c3ccccc3-4)cc2)cc1. The van der Waals surface area contributed by atoms with Crippen molar-refractivity contribution in [3.05, 3.63) is 301 Å². The Bertz CT molecular complexity index is 3680. The minimum atomic E-state index is -0.552. The predicted octanol–water partition coefficient (Wildman–Crippen LogP) is 17.6. The van der Waals surface area contributed by atoms with E-state index in [0.29, 0.717) is 0 Å². The van der Waals surface area contributed by atoms with Gasteiger partial charge in [-0.25, -0.2) is 0 Å². The van der Waals surface area contributed by atoms with Crippen molar-refractivity contribution < 1.29 is 0 Å². The van der Waals surface area contributed by atoms with Gasteiger partial charge in [0.25, 0.3) is 0 Å². The summed E-state index contributed by atoms with van der Waals surface area (Å²) in [6, 6.07) is 102. The van der Waals surface area contributed by atoms with Crippen molar-refractivity contribution in [2.75, 3.05) is 4.90 Å². The summed E-state index contributed by atoms with van der Waals surface area (Å²) < 4.78 is 2.53. The molecule has 1 aliphatic rings. The first kappa shape index (κ1) is 40.3. The monoisotopic (exact) mass is 878 g/mol. The first-order chi connectivity index (χ1) is 34.3. The molecule has 0 fully saturated rings. The van der Waals surface area contributed by atoms with Gasteiger partial charge >= 0.3 is 0 Å². The zero-order valence-corrected chi connectivity index (χ0v) is 38.0. The van der Waals surface area contributed by atoms with Gasteiger partial charge in [0.1, 0.15) is 0 Å². The highest BCUT2D eigenvalue weighted by atomic mass is 15.1. The fourth-order valence-electron chi connectivity index (χ4n) is 11.3. The van der Waals surface area contributed by atoms with Crippen molar-refractivity contribution in [1.29, 1.82) is 0 Å². The van der Waals surface area contributed by atoms with E-state index >= 15 is 0 Å². The van der Waals surface area contributed by atoms with Crippen molar-refractivity contribution in [3.8, 4) is 50.2 Å². The van der Waals surface area contributed by atoms with E-state index in [4.69, 9.17) is 0 Å². The van der Waals surface area contributed by atoms with E-state index in [1.165, 1.54) is 83.1 Å². The Morgan fingerprint density at radius 1 is 0.304 bits per heavy atom. The van der Waals surface area contributed by atoms with Crippen molar-refractivity contribution in [2.24, 2.45) is 0 Å². The summed E-state index contributed by atoms with van der Waals surface area (Å²) in [6.45, 7) is 0. The van der Waals surface area contributed by atoms with Crippen LogP contribution in [0, 0.1) is 0 Å². The van der Waals surface area contributed by atoms with Gasteiger partial charge in [-0.05, 0) is 110 Å². The Kier molecular flexibility index (Phi) is 9.77. The average molecular weight is 879 g/mol. The van der Waals surface area contributed by atoms with Crippen LogP contribution in [0.1, 0.15) is 22.3 Å². The summed E-state index contributed by atoms with van der Waals surface area (Å²) in [6.07, 6.45) is 0. The molecule has 1 aromatic heterocycles. The third-order valence-corrected chi connectivity index (χ3v) is 14.3. The molecule has 0 spiro atoms. The van der Waals surface area contributed by atoms with Gasteiger partial charge in [0.05, 0.1) is 27.8 Å². The van der Waals surface area contributed by atoms with Gasteiger partial charge in [-0.15, -0.1) is 0 Å². The molecule has 324 valence electrons. The van der Waals surface area contributed by atoms with Crippen LogP contribution in [0.15, 0.2) is 279 Å². The van der Waals surface area contributed by atoms with E-state index in [2.05, 4.69) is 289 Å². The second kappa shape index (κ2) is 16.7. The quantitative estimate of drug-likeness (QED) is 0.140. The number of hydrogen-bond donors (Lipinski definition) is 0. The van der Waals surface area contributed by atoms with Gasteiger partial charge in [-0.2, -0.15) is 0 Å². The Labute approximate surface area is 403 Å². The molecule has 2 nitrogen and oxygen atoms in total. The molecular formula is C67H46N2. The molecule has 0 bridgehead atoms. The fourth-order valence-corrected chi connectivity index (χ4v) is 11.3. The predicted molar refractivity (Wildman–Crippen MR) is 289 cm³/mol. The van der Waals surface area contributed by atoms with Gasteiger partial charge in [0, 0.05) is 33.3 Å². The first-order valence-corrected chi connectivity index (χ1v) is 23.8. The average Bonchev–Trinajstić information content (AvgIpc) is 3.93. The zero-order chi connectivity index (χ0) is 45.7. The molecule has 13 rings (SSSR count). The number of nitrogens with zero attached hydrogens (tertiary/aromatic N) is 2. The van der Waals surface area contributed by atoms with Gasteiger partial charge in [0.2, 0.25) is 0 Å². The lowest BCUT2D eigenvalue weighted by molar-refractivity contribution is 0.762. The standard InChI is InChI=1S/C67H46N2/c1-5-20-47(21-6-1)49-36-41-54(42-37-49)68(55-43-38-50(39-44-55)48-22-7-2-8-23-48)62-33-17-14-28-56(62)51-40-45-64-60(46-51)58-30-15-18-34-63(58)69(64)65-35-19-31-59-57-29-13-16-32-61(57)67(66(59)65,52-24-9-3-10-25-52)53-26-11-4-12-27-53/h1-46H. The number of rotatable bonds is 9. The molecule has 0 aliphatic heterocycles. The Hall–Kier alpha value is -8.98. The smallest absolute Gasteiger partial charge is 0.0734 e. The maximum absolute atomic E-state index is 2.53. The third kappa shape index (κ3) is 6.56. The van der Waals surface area contributed by atoms with E-state index in [0.717, 1.165) is 28.2 Å². The molecule has 2 heteroatoms. The third-order valence-electron chi connectivity index (χ3n) is 14.3. The number of para-hydroxylation sites is 2. The minimum absolute atomic E-state index is 0.552. The topological polar surface area (TPSA) is 8.17 Å². The summed E-state index contributed by atoms with van der Waals surface area (Å²) in [4.78, 5) is 2.41. The van der Waals surface area contributed by atoms with E-state index in [-0.39, 0.29) is 0 Å². The number of aromatic nitrogens is 1. The molecule has 12 aromatic rings. The Balaban J connectivity index is 1.00. The van der Waals surface area contributed by atoms with E-state index < -0.39 is 5.41 Å². The highest BCUT2D eigenvalue weighted by molar-refractivity contribution is 6.11. The molecule has 0 unspecified atom stereocenters. The molecule has 69 heavy (non-hydrogen) atoms. The maximum Gasteiger partial charge on any atom is 0.0734 e. The van der Waals surface area contributed by atoms with Crippen LogP contribution in [0.4, 0.5) is 17.1 Å². The van der Waals surface area contributed by atoms with Crippen LogP contribution >= 0.6 is 0 Å². The van der Waals surface area contributed by atoms with E-state index in [9.17, 15) is 0 Å². The van der Waals surface area contributed by atoms with Crippen LogP contribution in [-0.4, -0.2) is 4.57 Å². The summed E-state index contributed by atoms with van der Waals surface area (Å²) >= 11 is 0. The largest absolute Gasteiger partial charge is 0.310 e. The molecule has 1 heterocycles. The number of fused-ring (bicyclic) bond motifs is 6. The van der Waals surface area contributed by atoms with Crippen LogP contribution < -0.4 is 4.90 Å². The minimum Gasteiger partial charge on any atom is -0.310 e. The lowest BCUT2D eigenvalue weighted by atomic mass is 9.67. The van der Waals surface area contributed by atoms with Crippen molar-refractivity contribution in [1.82, 2.24) is 4.57 Å². The number of benzene rings is 11. The molecule has 0 atom stereocenters. The Morgan fingerprint density at radius 3 is 1.39 bits per heavy atom. The molecular weight excluding hydrogens is 833 g/mol. The van der Waals surface area contributed by atoms with Gasteiger partial charge in [0.15, 0.2) is 0 Å². The highest BCUT2D eigenvalue weighted by Crippen LogP contribution is 2.58. The molecule has 1 aliphatic carbocycles. The lowest BCUT2D eigenvalue weighted by Gasteiger charge is -2.35. The van der Waals surface area contributed by atoms with Crippen LogP contribution in [-0.2, 0) is 5.41 Å². The van der Waals surface area contributed by atoms with Crippen molar-refractivity contribution in [3.63, 3.8) is 0 Å². The van der Waals surface area contributed by atoms with Gasteiger partial charge < -0.3 is 9.47 Å². The van der Waals surface area contributed by atoms with Gasteiger partial charge in [-0.3, -0.25) is 0 Å². The number of hydrogen-bond acceptors (Lipinski definition) is 1. The van der Waals surface area contributed by atoms with Crippen molar-refractivity contribution >= 4 is 38.9 Å². The summed E-state index contributed by atoms with van der Waals surface area (Å²) in [5.74, 6) is 0. The zero-order valence-electron chi connectivity index (χ0n) is 38.0. The lowest BCUT2D eigenvalue weighted by Crippen LogP contribution is -2.29. The second-order valence-corrected chi connectivity index (χ2v) is 18.0. The van der Waals surface area contributed by atoms with Gasteiger partial charge in [-0.1, -0.05) is 224 Å². The highest BCUT2D eigenvalue weighted by Gasteiger charge is 2.48. The van der Waals surface area contributed by atoms with Crippen LogP contribution in [0.2, 0.25) is 0 Å². The molecule has 0 N–H and O–H groups in total. The molecule has 0 saturated carbocycles. The van der Waals surface area contributed by atoms with Crippen LogP contribution in [0.5, 0.6) is 0 Å². The van der Waals surface area contributed by atoms with Crippen LogP contribution in [0.25, 0.3) is 72.0 Å². The van der Waals surface area contributed by atoms with E-state index in [1.807, 2.05) is 0 Å². The summed E-state index contributed by atoms with van der Waals surface area (Å²) in [5.41, 5.74) is 21.0. The normalized spacial score (nSPS) is 12.5. The van der Waals surface area contributed by atoms with Crippen LogP contribution in [0.3, 0.4) is 0 Å². The molecule has 0 radical (unpaired) electrons. The Morgan fingerprint density at radius 2 is 0.768 bits per heavy atom. The van der Waals surface area contributed by atoms with E-state index in [1.54, 1.807) is 0 Å². The summed E-state index contributed by atoms with van der Waals surface area (Å²) in [7, 11) is 0. The maximum atomic E-state index is 2.53. The van der Waals surface area contributed by atoms with Crippen molar-refractivity contribution in [2.45, 2.75) is 5.41 Å². The molecule has 0 amide bonds.